The molecule has 1 aromatic heterocycles. The number of para-hydroxylation sites is 1. The van der Waals surface area contributed by atoms with E-state index < -0.39 is 0 Å². The highest BCUT2D eigenvalue weighted by molar-refractivity contribution is 6.03. The molecule has 0 fully saturated rings. The van der Waals surface area contributed by atoms with Gasteiger partial charge in [0.1, 0.15) is 11.4 Å². The van der Waals surface area contributed by atoms with Crippen molar-refractivity contribution in [2.24, 2.45) is 0 Å². The van der Waals surface area contributed by atoms with Crippen molar-refractivity contribution in [3.8, 4) is 5.75 Å². The normalized spacial score (nSPS) is 10.3. The average molecular weight is 362 g/mol. The van der Waals surface area contributed by atoms with Crippen LogP contribution in [0.4, 0.5) is 17.3 Å². The molecule has 0 saturated heterocycles. The Bertz CT molecular complexity index is 919. The Balaban J connectivity index is 1.73. The number of aromatic nitrogens is 2. The summed E-state index contributed by atoms with van der Waals surface area (Å²) in [5, 5.41) is 6.03. The molecule has 1 heterocycles. The monoisotopic (exact) mass is 362 g/mol. The third-order valence-corrected chi connectivity index (χ3v) is 4.03. The molecule has 0 bridgehead atoms. The Hall–Kier alpha value is -3.41. The quantitative estimate of drug-likeness (QED) is 0.676. The number of anilines is 3. The lowest BCUT2D eigenvalue weighted by atomic mass is 10.1. The van der Waals surface area contributed by atoms with Gasteiger partial charge >= 0.3 is 0 Å². The molecule has 0 saturated carbocycles. The number of nitrogens with one attached hydrogen (secondary N) is 2. The Morgan fingerprint density at radius 2 is 1.74 bits per heavy atom. The van der Waals surface area contributed by atoms with Gasteiger partial charge in [0.05, 0.1) is 6.61 Å². The van der Waals surface area contributed by atoms with Gasteiger partial charge in [0.25, 0.3) is 5.91 Å². The van der Waals surface area contributed by atoms with Crippen LogP contribution in [0.2, 0.25) is 0 Å². The molecule has 3 aromatic rings. The van der Waals surface area contributed by atoms with E-state index in [-0.39, 0.29) is 11.6 Å². The smallest absolute Gasteiger partial charge is 0.274 e. The zero-order valence-corrected chi connectivity index (χ0v) is 15.6. The fourth-order valence-corrected chi connectivity index (χ4v) is 2.67. The Kier molecular flexibility index (Phi) is 5.66. The zero-order chi connectivity index (χ0) is 19.2. The van der Waals surface area contributed by atoms with Crippen molar-refractivity contribution in [3.05, 3.63) is 71.5 Å². The first kappa shape index (κ1) is 18.4. The number of hydrogen-bond acceptors (Lipinski definition) is 5. The first-order valence-electron chi connectivity index (χ1n) is 8.77. The molecule has 0 radical (unpaired) electrons. The molecule has 6 nitrogen and oxygen atoms in total. The number of benzene rings is 2. The minimum atomic E-state index is -0.300. The van der Waals surface area contributed by atoms with Gasteiger partial charge in [-0.25, -0.2) is 9.97 Å². The van der Waals surface area contributed by atoms with Crippen LogP contribution in [0, 0.1) is 13.8 Å². The van der Waals surface area contributed by atoms with E-state index in [1.54, 1.807) is 24.4 Å². The number of hydrogen-bond donors (Lipinski definition) is 2. The van der Waals surface area contributed by atoms with Crippen LogP contribution >= 0.6 is 0 Å². The summed E-state index contributed by atoms with van der Waals surface area (Å²) >= 11 is 0. The highest BCUT2D eigenvalue weighted by Crippen LogP contribution is 2.22. The first-order valence-corrected chi connectivity index (χ1v) is 8.77. The van der Waals surface area contributed by atoms with Crippen LogP contribution in [0.5, 0.6) is 5.75 Å². The maximum atomic E-state index is 12.5. The molecule has 3 rings (SSSR count). The summed E-state index contributed by atoms with van der Waals surface area (Å²) < 4.78 is 5.40. The number of amides is 1. The van der Waals surface area contributed by atoms with Crippen LogP contribution in [-0.4, -0.2) is 22.5 Å². The molecule has 0 unspecified atom stereocenters. The third kappa shape index (κ3) is 4.61. The van der Waals surface area contributed by atoms with Gasteiger partial charge in [-0.3, -0.25) is 4.79 Å². The van der Waals surface area contributed by atoms with Crippen molar-refractivity contribution in [2.75, 3.05) is 17.2 Å². The highest BCUT2D eigenvalue weighted by atomic mass is 16.5. The predicted octanol–water partition coefficient (Wildman–Crippen LogP) is 4.49. The van der Waals surface area contributed by atoms with E-state index in [1.807, 2.05) is 51.1 Å². The molecule has 138 valence electrons. The van der Waals surface area contributed by atoms with Crippen molar-refractivity contribution in [1.82, 2.24) is 9.97 Å². The molecule has 0 aliphatic heterocycles. The summed E-state index contributed by atoms with van der Waals surface area (Å²) in [6.45, 7) is 6.55. The van der Waals surface area contributed by atoms with Gasteiger partial charge < -0.3 is 15.4 Å². The Morgan fingerprint density at radius 3 is 2.41 bits per heavy atom. The number of nitrogens with zero attached hydrogens (tertiary/aromatic N) is 2. The van der Waals surface area contributed by atoms with Crippen molar-refractivity contribution in [1.29, 1.82) is 0 Å². The zero-order valence-electron chi connectivity index (χ0n) is 15.6. The molecular weight excluding hydrogens is 340 g/mol. The minimum absolute atomic E-state index is 0.285. The second-order valence-corrected chi connectivity index (χ2v) is 6.07. The second kappa shape index (κ2) is 8.31. The molecule has 1 amide bonds. The van der Waals surface area contributed by atoms with Crippen LogP contribution in [0.3, 0.4) is 0 Å². The second-order valence-electron chi connectivity index (χ2n) is 6.07. The van der Waals surface area contributed by atoms with Gasteiger partial charge in [0.15, 0.2) is 0 Å². The SMILES string of the molecule is CCOc1ccc(NC(=O)c2ccnc(Nc3c(C)cccc3C)n2)cc1. The molecule has 27 heavy (non-hydrogen) atoms. The largest absolute Gasteiger partial charge is 0.494 e. The first-order chi connectivity index (χ1) is 13.1. The van der Waals surface area contributed by atoms with Crippen molar-refractivity contribution in [2.45, 2.75) is 20.8 Å². The molecule has 0 aliphatic carbocycles. The topological polar surface area (TPSA) is 76.1 Å². The van der Waals surface area contributed by atoms with E-state index >= 15 is 0 Å². The van der Waals surface area contributed by atoms with Gasteiger partial charge in [-0.2, -0.15) is 0 Å². The number of carbonyl (C=O) groups excluding carboxylic acids is 1. The molecule has 0 aliphatic rings. The van der Waals surface area contributed by atoms with E-state index in [1.165, 1.54) is 0 Å². The number of aryl methyl sites for hydroxylation is 2. The van der Waals surface area contributed by atoms with Gasteiger partial charge in [-0.15, -0.1) is 0 Å². The van der Waals surface area contributed by atoms with Gasteiger partial charge in [-0.05, 0) is 62.2 Å². The molecule has 2 N–H and O–H groups in total. The van der Waals surface area contributed by atoms with Crippen LogP contribution in [0.25, 0.3) is 0 Å². The lowest BCUT2D eigenvalue weighted by Gasteiger charge is -2.12. The summed E-state index contributed by atoms with van der Waals surface area (Å²) in [6.07, 6.45) is 1.57. The maximum absolute atomic E-state index is 12.5. The summed E-state index contributed by atoms with van der Waals surface area (Å²) in [5.74, 6) is 0.843. The molecular formula is C21H22N4O2. The minimum Gasteiger partial charge on any atom is -0.494 e. The summed E-state index contributed by atoms with van der Waals surface area (Å²) in [5.41, 5.74) is 4.08. The fraction of sp³-hybridized carbons (Fsp3) is 0.190. The number of carbonyl (C=O) groups is 1. The van der Waals surface area contributed by atoms with Crippen LogP contribution in [0.15, 0.2) is 54.7 Å². The van der Waals surface area contributed by atoms with E-state index in [9.17, 15) is 4.79 Å². The van der Waals surface area contributed by atoms with E-state index in [0.717, 1.165) is 22.6 Å². The standard InChI is InChI=1S/C21H22N4O2/c1-4-27-17-10-8-16(9-11-17)23-20(26)18-12-13-22-21(24-18)25-19-14(2)6-5-7-15(19)3/h5-13H,4H2,1-3H3,(H,23,26)(H,22,24,25). The third-order valence-electron chi connectivity index (χ3n) is 4.03. The summed E-state index contributed by atoms with van der Waals surface area (Å²) in [6, 6.07) is 14.8. The van der Waals surface area contributed by atoms with Crippen LogP contribution in [-0.2, 0) is 0 Å². The Labute approximate surface area is 158 Å². The van der Waals surface area contributed by atoms with E-state index in [2.05, 4.69) is 20.6 Å². The Morgan fingerprint density at radius 1 is 1.04 bits per heavy atom. The molecule has 6 heteroatoms. The van der Waals surface area contributed by atoms with Gasteiger partial charge in [-0.1, -0.05) is 18.2 Å². The van der Waals surface area contributed by atoms with Crippen LogP contribution < -0.4 is 15.4 Å². The van der Waals surface area contributed by atoms with Crippen molar-refractivity contribution >= 4 is 23.2 Å². The average Bonchev–Trinajstić information content (AvgIpc) is 2.67. The predicted molar refractivity (Wildman–Crippen MR) is 107 cm³/mol. The maximum Gasteiger partial charge on any atom is 0.274 e. The summed E-state index contributed by atoms with van der Waals surface area (Å²) in [4.78, 5) is 21.1. The highest BCUT2D eigenvalue weighted by Gasteiger charge is 2.11. The molecule has 0 atom stereocenters. The van der Waals surface area contributed by atoms with E-state index in [4.69, 9.17) is 4.74 Å². The van der Waals surface area contributed by atoms with Gasteiger partial charge in [0, 0.05) is 17.6 Å². The summed E-state index contributed by atoms with van der Waals surface area (Å²) in [7, 11) is 0. The fourth-order valence-electron chi connectivity index (χ4n) is 2.67. The number of rotatable bonds is 6. The van der Waals surface area contributed by atoms with E-state index in [0.29, 0.717) is 18.2 Å². The lowest BCUT2D eigenvalue weighted by Crippen LogP contribution is -2.15. The molecule has 2 aromatic carbocycles. The lowest BCUT2D eigenvalue weighted by molar-refractivity contribution is 0.102. The van der Waals surface area contributed by atoms with Crippen molar-refractivity contribution in [3.63, 3.8) is 0 Å². The van der Waals surface area contributed by atoms with Gasteiger partial charge in [0.2, 0.25) is 5.95 Å². The van der Waals surface area contributed by atoms with Crippen LogP contribution in [0.1, 0.15) is 28.5 Å². The molecule has 0 spiro atoms. The van der Waals surface area contributed by atoms with Crippen molar-refractivity contribution < 1.29 is 9.53 Å². The number of ether oxygens (including phenoxy) is 1.